The molecule has 0 aliphatic carbocycles. The molecule has 1 saturated heterocycles. The van der Waals surface area contributed by atoms with Gasteiger partial charge in [0, 0.05) is 17.6 Å². The number of ether oxygens (including phenoxy) is 1. The van der Waals surface area contributed by atoms with E-state index in [9.17, 15) is 4.79 Å². The maximum atomic E-state index is 12.7. The van der Waals surface area contributed by atoms with Crippen LogP contribution >= 0.6 is 24.0 Å². The number of likely N-dealkylation sites (tertiary alicyclic amines) is 1. The van der Waals surface area contributed by atoms with Crippen LogP contribution in [-0.2, 0) is 0 Å². The van der Waals surface area contributed by atoms with Crippen molar-refractivity contribution in [3.05, 3.63) is 40.9 Å². The fourth-order valence-electron chi connectivity index (χ4n) is 3.28. The van der Waals surface area contributed by atoms with E-state index in [-0.39, 0.29) is 18.3 Å². The summed E-state index contributed by atoms with van der Waals surface area (Å²) < 4.78 is 5.65. The molecule has 2 rings (SSSR count). The molecule has 1 atom stereocenters. The molecule has 1 aromatic carbocycles. The number of carbonyl (C=O) groups excluding carboxylic acids is 1. The predicted octanol–water partition coefficient (Wildman–Crippen LogP) is 4.63. The number of benzene rings is 1. The van der Waals surface area contributed by atoms with Crippen LogP contribution in [0, 0.1) is 6.92 Å². The Bertz CT molecular complexity index is 606. The first kappa shape index (κ1) is 22.8. The maximum Gasteiger partial charge on any atom is 0.255 e. The molecular formula is C20H30Cl2N2O2. The lowest BCUT2D eigenvalue weighted by Crippen LogP contribution is -2.46. The molecule has 1 aromatic rings. The van der Waals surface area contributed by atoms with Crippen LogP contribution < -0.4 is 10.1 Å². The number of rotatable bonds is 8. The highest BCUT2D eigenvalue weighted by Crippen LogP contribution is 2.27. The minimum atomic E-state index is -0.136. The van der Waals surface area contributed by atoms with Gasteiger partial charge in [0.25, 0.3) is 5.91 Å². The number of hydrogen-bond acceptors (Lipinski definition) is 3. The molecule has 26 heavy (non-hydrogen) atoms. The Hall–Kier alpha value is -1.23. The van der Waals surface area contributed by atoms with Crippen molar-refractivity contribution >= 4 is 29.9 Å². The number of halogens is 2. The van der Waals surface area contributed by atoms with Crippen LogP contribution in [-0.4, -0.2) is 43.1 Å². The minimum Gasteiger partial charge on any atom is -0.489 e. The second-order valence-electron chi connectivity index (χ2n) is 6.59. The van der Waals surface area contributed by atoms with E-state index in [1.807, 2.05) is 13.0 Å². The summed E-state index contributed by atoms with van der Waals surface area (Å²) in [7, 11) is 0. The molecule has 0 aromatic heterocycles. The lowest BCUT2D eigenvalue weighted by Gasteiger charge is -2.35. The van der Waals surface area contributed by atoms with E-state index in [1.54, 1.807) is 12.1 Å². The second kappa shape index (κ2) is 11.5. The van der Waals surface area contributed by atoms with Crippen molar-refractivity contribution < 1.29 is 9.53 Å². The highest BCUT2D eigenvalue weighted by atomic mass is 35.5. The van der Waals surface area contributed by atoms with Gasteiger partial charge in [-0.1, -0.05) is 37.6 Å². The largest absolute Gasteiger partial charge is 0.489 e. The molecule has 1 fully saturated rings. The summed E-state index contributed by atoms with van der Waals surface area (Å²) in [6.45, 7) is 11.0. The van der Waals surface area contributed by atoms with Crippen molar-refractivity contribution in [1.29, 1.82) is 0 Å². The topological polar surface area (TPSA) is 41.6 Å². The van der Waals surface area contributed by atoms with Gasteiger partial charge in [-0.2, -0.15) is 0 Å². The third-order valence-corrected chi connectivity index (χ3v) is 5.03. The zero-order chi connectivity index (χ0) is 18.2. The van der Waals surface area contributed by atoms with Gasteiger partial charge in [0.1, 0.15) is 12.4 Å². The number of nitrogens with zero attached hydrogens (tertiary/aromatic N) is 1. The first-order chi connectivity index (χ1) is 12.1. The van der Waals surface area contributed by atoms with Crippen LogP contribution in [0.4, 0.5) is 0 Å². The highest BCUT2D eigenvalue weighted by Gasteiger charge is 2.23. The molecule has 1 aliphatic heterocycles. The number of nitrogens with one attached hydrogen (secondary N) is 1. The molecule has 6 heteroatoms. The fourth-order valence-corrected chi connectivity index (χ4v) is 3.44. The number of amides is 1. The maximum absolute atomic E-state index is 12.7. The highest BCUT2D eigenvalue weighted by molar-refractivity contribution is 6.31. The summed E-state index contributed by atoms with van der Waals surface area (Å²) in [5, 5.41) is 3.65. The molecule has 1 unspecified atom stereocenters. The van der Waals surface area contributed by atoms with Crippen LogP contribution in [0.3, 0.4) is 0 Å². The van der Waals surface area contributed by atoms with Gasteiger partial charge in [0.2, 0.25) is 0 Å². The van der Waals surface area contributed by atoms with Crippen molar-refractivity contribution in [2.45, 2.75) is 45.6 Å². The van der Waals surface area contributed by atoms with Gasteiger partial charge in [-0.25, -0.2) is 0 Å². The molecule has 0 bridgehead atoms. The SMILES string of the molecule is C=CCOc1cc(C)c(Cl)cc1C(=O)NCC1CCCCN1CCC.Cl. The van der Waals surface area contributed by atoms with Gasteiger partial charge in [0.05, 0.1) is 5.56 Å². The Morgan fingerprint density at radius 2 is 2.23 bits per heavy atom. The smallest absolute Gasteiger partial charge is 0.255 e. The lowest BCUT2D eigenvalue weighted by molar-refractivity contribution is 0.0910. The molecule has 0 saturated carbocycles. The molecule has 0 radical (unpaired) electrons. The molecule has 1 N–H and O–H groups in total. The number of hydrogen-bond donors (Lipinski definition) is 1. The number of aryl methyl sites for hydroxylation is 1. The monoisotopic (exact) mass is 400 g/mol. The molecule has 1 aliphatic rings. The van der Waals surface area contributed by atoms with Crippen molar-refractivity contribution in [3.8, 4) is 5.75 Å². The van der Waals surface area contributed by atoms with Crippen LogP contribution in [0.2, 0.25) is 5.02 Å². The lowest BCUT2D eigenvalue weighted by atomic mass is 10.0. The zero-order valence-corrected chi connectivity index (χ0v) is 17.3. The summed E-state index contributed by atoms with van der Waals surface area (Å²) >= 11 is 6.21. The van der Waals surface area contributed by atoms with Gasteiger partial charge in [-0.15, -0.1) is 12.4 Å². The van der Waals surface area contributed by atoms with Gasteiger partial charge >= 0.3 is 0 Å². The van der Waals surface area contributed by atoms with Crippen molar-refractivity contribution in [2.24, 2.45) is 0 Å². The summed E-state index contributed by atoms with van der Waals surface area (Å²) in [4.78, 5) is 15.2. The van der Waals surface area contributed by atoms with E-state index in [1.165, 1.54) is 12.8 Å². The molecule has 4 nitrogen and oxygen atoms in total. The van der Waals surface area contributed by atoms with E-state index >= 15 is 0 Å². The first-order valence-corrected chi connectivity index (χ1v) is 9.50. The average molecular weight is 401 g/mol. The van der Waals surface area contributed by atoms with E-state index in [0.717, 1.165) is 31.5 Å². The quantitative estimate of drug-likeness (QED) is 0.646. The third-order valence-electron chi connectivity index (χ3n) is 4.62. The molecule has 1 heterocycles. The number of carbonyl (C=O) groups is 1. The Labute approximate surface area is 168 Å². The second-order valence-corrected chi connectivity index (χ2v) is 7.00. The third kappa shape index (κ3) is 6.19. The molecular weight excluding hydrogens is 371 g/mol. The van der Waals surface area contributed by atoms with E-state index in [4.69, 9.17) is 16.3 Å². The van der Waals surface area contributed by atoms with Crippen molar-refractivity contribution in [1.82, 2.24) is 10.2 Å². The Morgan fingerprint density at radius 3 is 2.92 bits per heavy atom. The average Bonchev–Trinajstić information content (AvgIpc) is 2.61. The molecule has 0 spiro atoms. The number of piperidine rings is 1. The van der Waals surface area contributed by atoms with Gasteiger partial charge in [0.15, 0.2) is 0 Å². The van der Waals surface area contributed by atoms with Crippen LogP contribution in [0.15, 0.2) is 24.8 Å². The summed E-state index contributed by atoms with van der Waals surface area (Å²) in [6.07, 6.45) is 6.41. The normalized spacial score (nSPS) is 17.3. The standard InChI is InChI=1S/C20H29ClN2O2.ClH/c1-4-9-23-10-7-6-8-16(23)14-22-20(24)17-13-18(21)15(3)12-19(17)25-11-5-2;/h5,12-13,16H,2,4,6-11,14H2,1,3H3,(H,22,24);1H. The van der Waals surface area contributed by atoms with Crippen LogP contribution in [0.5, 0.6) is 5.75 Å². The zero-order valence-electron chi connectivity index (χ0n) is 15.7. The Kier molecular flexibility index (Phi) is 10.1. The fraction of sp³-hybridized carbons (Fsp3) is 0.550. The summed E-state index contributed by atoms with van der Waals surface area (Å²) in [5.41, 5.74) is 1.37. The molecule has 146 valence electrons. The van der Waals surface area contributed by atoms with Gasteiger partial charge in [-0.3, -0.25) is 9.69 Å². The first-order valence-electron chi connectivity index (χ1n) is 9.12. The van der Waals surface area contributed by atoms with E-state index in [2.05, 4.69) is 23.7 Å². The van der Waals surface area contributed by atoms with E-state index < -0.39 is 0 Å². The molecule has 1 amide bonds. The van der Waals surface area contributed by atoms with Gasteiger partial charge in [-0.05, 0) is 57.0 Å². The summed E-state index contributed by atoms with van der Waals surface area (Å²) in [6, 6.07) is 3.91. The summed E-state index contributed by atoms with van der Waals surface area (Å²) in [5.74, 6) is 0.413. The Balaban J connectivity index is 0.00000338. The van der Waals surface area contributed by atoms with Gasteiger partial charge < -0.3 is 10.1 Å². The Morgan fingerprint density at radius 1 is 1.46 bits per heavy atom. The predicted molar refractivity (Wildman–Crippen MR) is 111 cm³/mol. The van der Waals surface area contributed by atoms with Crippen molar-refractivity contribution in [3.63, 3.8) is 0 Å². The van der Waals surface area contributed by atoms with E-state index in [0.29, 0.717) is 35.5 Å². The van der Waals surface area contributed by atoms with Crippen LogP contribution in [0.25, 0.3) is 0 Å². The minimum absolute atomic E-state index is 0. The van der Waals surface area contributed by atoms with Crippen LogP contribution in [0.1, 0.15) is 48.5 Å². The van der Waals surface area contributed by atoms with Crippen molar-refractivity contribution in [2.75, 3.05) is 26.2 Å².